The van der Waals surface area contributed by atoms with Crippen molar-refractivity contribution in [3.05, 3.63) is 34.1 Å². The van der Waals surface area contributed by atoms with Crippen LogP contribution >= 0.6 is 15.9 Å². The number of hydrogen-bond donors (Lipinski definition) is 1. The molecule has 0 aliphatic heterocycles. The topological polar surface area (TPSA) is 12.0 Å². The quantitative estimate of drug-likeness (QED) is 0.874. The van der Waals surface area contributed by atoms with Crippen LogP contribution in [0.4, 0.5) is 4.39 Å². The van der Waals surface area contributed by atoms with Crippen molar-refractivity contribution < 1.29 is 4.39 Å². The summed E-state index contributed by atoms with van der Waals surface area (Å²) in [6.07, 6.45) is 2.20. The molecule has 1 saturated carbocycles. The minimum atomic E-state index is -0.0724. The van der Waals surface area contributed by atoms with Crippen LogP contribution in [0.3, 0.4) is 0 Å². The molecule has 0 heterocycles. The van der Waals surface area contributed by atoms with Crippen molar-refractivity contribution in [3.8, 4) is 0 Å². The van der Waals surface area contributed by atoms with Crippen LogP contribution in [0.25, 0.3) is 0 Å². The molecule has 0 aromatic heterocycles. The molecule has 88 valence electrons. The second kappa shape index (κ2) is 4.84. The predicted octanol–water partition coefficient (Wildman–Crippen LogP) is 3.69. The first-order valence-electron chi connectivity index (χ1n) is 5.75. The van der Waals surface area contributed by atoms with Gasteiger partial charge in [-0.25, -0.2) is 4.39 Å². The summed E-state index contributed by atoms with van der Waals surface area (Å²) < 4.78 is 14.7. The maximum atomic E-state index is 13.8. The SMILES string of the molecule is CNC1CCC(c2cc(Br)ccc2F)C1C. The number of hydrogen-bond acceptors (Lipinski definition) is 1. The third kappa shape index (κ3) is 2.16. The van der Waals surface area contributed by atoms with Crippen molar-refractivity contribution in [2.24, 2.45) is 5.92 Å². The Bertz CT molecular complexity index is 380. The predicted molar refractivity (Wildman–Crippen MR) is 68.1 cm³/mol. The smallest absolute Gasteiger partial charge is 0.126 e. The minimum absolute atomic E-state index is 0.0724. The Labute approximate surface area is 105 Å². The number of halogens is 2. The van der Waals surface area contributed by atoms with Crippen LogP contribution < -0.4 is 5.32 Å². The van der Waals surface area contributed by atoms with Crippen LogP contribution in [0.15, 0.2) is 22.7 Å². The molecule has 0 saturated heterocycles. The Kier molecular flexibility index (Phi) is 3.65. The van der Waals surface area contributed by atoms with Gasteiger partial charge in [0, 0.05) is 10.5 Å². The highest BCUT2D eigenvalue weighted by atomic mass is 79.9. The van der Waals surface area contributed by atoms with Crippen LogP contribution in [0, 0.1) is 11.7 Å². The lowest BCUT2D eigenvalue weighted by molar-refractivity contribution is 0.420. The maximum Gasteiger partial charge on any atom is 0.126 e. The number of rotatable bonds is 2. The van der Waals surface area contributed by atoms with Crippen LogP contribution in [0.5, 0.6) is 0 Å². The van der Waals surface area contributed by atoms with E-state index in [-0.39, 0.29) is 5.82 Å². The highest BCUT2D eigenvalue weighted by Gasteiger charge is 2.34. The lowest BCUT2D eigenvalue weighted by Crippen LogP contribution is -2.28. The summed E-state index contributed by atoms with van der Waals surface area (Å²) in [7, 11) is 1.99. The van der Waals surface area contributed by atoms with Crippen molar-refractivity contribution >= 4 is 15.9 Å². The van der Waals surface area contributed by atoms with Gasteiger partial charge in [0.05, 0.1) is 0 Å². The molecule has 1 aromatic carbocycles. The van der Waals surface area contributed by atoms with Gasteiger partial charge in [0.2, 0.25) is 0 Å². The molecule has 0 spiro atoms. The van der Waals surface area contributed by atoms with Gasteiger partial charge in [-0.2, -0.15) is 0 Å². The van der Waals surface area contributed by atoms with Gasteiger partial charge in [-0.15, -0.1) is 0 Å². The minimum Gasteiger partial charge on any atom is -0.317 e. The zero-order valence-corrected chi connectivity index (χ0v) is 11.2. The average molecular weight is 286 g/mol. The first kappa shape index (κ1) is 12.1. The van der Waals surface area contributed by atoms with Crippen molar-refractivity contribution in [2.75, 3.05) is 7.05 Å². The monoisotopic (exact) mass is 285 g/mol. The van der Waals surface area contributed by atoms with Gasteiger partial charge in [-0.1, -0.05) is 22.9 Å². The molecule has 1 nitrogen and oxygen atoms in total. The number of benzene rings is 1. The molecule has 0 radical (unpaired) electrons. The molecular weight excluding hydrogens is 269 g/mol. The molecule has 16 heavy (non-hydrogen) atoms. The van der Waals surface area contributed by atoms with E-state index in [1.165, 1.54) is 0 Å². The molecule has 1 N–H and O–H groups in total. The van der Waals surface area contributed by atoms with Gasteiger partial charge >= 0.3 is 0 Å². The van der Waals surface area contributed by atoms with E-state index in [0.717, 1.165) is 22.9 Å². The van der Waals surface area contributed by atoms with Crippen LogP contribution in [0.2, 0.25) is 0 Å². The van der Waals surface area contributed by atoms with Crippen LogP contribution in [0.1, 0.15) is 31.2 Å². The molecule has 1 fully saturated rings. The lowest BCUT2D eigenvalue weighted by Gasteiger charge is -2.21. The van der Waals surface area contributed by atoms with Crippen molar-refractivity contribution in [3.63, 3.8) is 0 Å². The molecule has 1 aromatic rings. The van der Waals surface area contributed by atoms with Crippen LogP contribution in [-0.4, -0.2) is 13.1 Å². The molecule has 0 bridgehead atoms. The van der Waals surface area contributed by atoms with Gasteiger partial charge in [0.1, 0.15) is 5.82 Å². The molecule has 2 rings (SSSR count). The molecule has 3 unspecified atom stereocenters. The van der Waals surface area contributed by atoms with E-state index >= 15 is 0 Å². The summed E-state index contributed by atoms with van der Waals surface area (Å²) in [5, 5.41) is 3.31. The summed E-state index contributed by atoms with van der Waals surface area (Å²) in [6, 6.07) is 5.75. The van der Waals surface area contributed by atoms with Crippen molar-refractivity contribution in [1.82, 2.24) is 5.32 Å². The maximum absolute atomic E-state index is 13.8. The second-order valence-electron chi connectivity index (χ2n) is 4.60. The third-order valence-electron chi connectivity index (χ3n) is 3.79. The van der Waals surface area contributed by atoms with E-state index in [4.69, 9.17) is 0 Å². The summed E-state index contributed by atoms with van der Waals surface area (Å²) in [4.78, 5) is 0. The Morgan fingerprint density at radius 3 is 2.75 bits per heavy atom. The molecule has 1 aliphatic carbocycles. The van der Waals surface area contributed by atoms with Gasteiger partial charge in [0.15, 0.2) is 0 Å². The summed E-state index contributed by atoms with van der Waals surface area (Å²) in [5.74, 6) is 0.764. The number of nitrogens with one attached hydrogen (secondary N) is 1. The van der Waals surface area contributed by atoms with E-state index in [1.54, 1.807) is 12.1 Å². The van der Waals surface area contributed by atoms with Gasteiger partial charge in [-0.05, 0) is 55.5 Å². The summed E-state index contributed by atoms with van der Waals surface area (Å²) >= 11 is 3.41. The summed E-state index contributed by atoms with van der Waals surface area (Å²) in [5.41, 5.74) is 0.861. The summed E-state index contributed by atoms with van der Waals surface area (Å²) in [6.45, 7) is 2.21. The largest absolute Gasteiger partial charge is 0.317 e. The Balaban J connectivity index is 2.28. The standard InChI is InChI=1S/C13H17BrFN/c1-8-10(4-6-13(8)16-2)11-7-9(14)3-5-12(11)15/h3,5,7-8,10,13,16H,4,6H2,1-2H3. The molecule has 3 atom stereocenters. The zero-order chi connectivity index (χ0) is 11.7. The van der Waals surface area contributed by atoms with Gasteiger partial charge in [-0.3, -0.25) is 0 Å². The highest BCUT2D eigenvalue weighted by molar-refractivity contribution is 9.10. The third-order valence-corrected chi connectivity index (χ3v) is 4.28. The van der Waals surface area contributed by atoms with Gasteiger partial charge < -0.3 is 5.32 Å². The Hall–Kier alpha value is -0.410. The lowest BCUT2D eigenvalue weighted by atomic mass is 9.88. The molecule has 3 heteroatoms. The first-order valence-corrected chi connectivity index (χ1v) is 6.55. The van der Waals surface area contributed by atoms with E-state index in [2.05, 4.69) is 28.2 Å². The van der Waals surface area contributed by atoms with E-state index in [9.17, 15) is 4.39 Å². The van der Waals surface area contributed by atoms with E-state index in [1.807, 2.05) is 13.1 Å². The Morgan fingerprint density at radius 1 is 1.38 bits per heavy atom. The molecule has 0 amide bonds. The normalized spacial score (nSPS) is 29.6. The van der Waals surface area contributed by atoms with Gasteiger partial charge in [0.25, 0.3) is 0 Å². The second-order valence-corrected chi connectivity index (χ2v) is 5.52. The fraction of sp³-hybridized carbons (Fsp3) is 0.538. The van der Waals surface area contributed by atoms with E-state index in [0.29, 0.717) is 17.9 Å². The van der Waals surface area contributed by atoms with Crippen molar-refractivity contribution in [1.29, 1.82) is 0 Å². The molecule has 1 aliphatic rings. The fourth-order valence-electron chi connectivity index (χ4n) is 2.81. The highest BCUT2D eigenvalue weighted by Crippen LogP contribution is 2.41. The van der Waals surface area contributed by atoms with Crippen LogP contribution in [-0.2, 0) is 0 Å². The average Bonchev–Trinajstić information content (AvgIpc) is 2.63. The first-order chi connectivity index (χ1) is 7.63. The van der Waals surface area contributed by atoms with E-state index < -0.39 is 0 Å². The van der Waals surface area contributed by atoms with Crippen molar-refractivity contribution in [2.45, 2.75) is 31.7 Å². The fourth-order valence-corrected chi connectivity index (χ4v) is 3.19. The zero-order valence-electron chi connectivity index (χ0n) is 9.63. The Morgan fingerprint density at radius 2 is 2.12 bits per heavy atom. The molecular formula is C13H17BrFN.